The zero-order valence-electron chi connectivity index (χ0n) is 18.2. The molecule has 11 nitrogen and oxygen atoms in total. The van der Waals surface area contributed by atoms with E-state index in [2.05, 4.69) is 4.98 Å². The number of nitrogens with two attached hydrogens (primary N) is 1. The molecule has 1 amide bonds. The second-order valence-electron chi connectivity index (χ2n) is 7.27. The van der Waals surface area contributed by atoms with Gasteiger partial charge in [0.2, 0.25) is 0 Å². The second kappa shape index (κ2) is 10.7. The van der Waals surface area contributed by atoms with Crippen LogP contribution >= 0.6 is 11.6 Å². The van der Waals surface area contributed by atoms with E-state index in [0.717, 1.165) is 16.5 Å². The van der Waals surface area contributed by atoms with Crippen LogP contribution in [0, 0.1) is 10.1 Å². The molecule has 0 spiro atoms. The molecule has 34 heavy (non-hydrogen) atoms. The van der Waals surface area contributed by atoms with Crippen molar-refractivity contribution < 1.29 is 14.5 Å². The fourth-order valence-corrected chi connectivity index (χ4v) is 3.51. The summed E-state index contributed by atoms with van der Waals surface area (Å²) >= 11 is 6.01. The maximum absolute atomic E-state index is 13.0. The smallest absolute Gasteiger partial charge is 0.330 e. The average molecular weight is 488 g/mol. The maximum Gasteiger partial charge on any atom is 0.330 e. The van der Waals surface area contributed by atoms with Crippen molar-refractivity contribution in [1.29, 1.82) is 0 Å². The summed E-state index contributed by atoms with van der Waals surface area (Å²) in [6.45, 7) is 1.51. The average Bonchev–Trinajstić information content (AvgIpc) is 2.80. The second-order valence-corrected chi connectivity index (χ2v) is 7.68. The minimum Gasteiger partial charge on any atom is -0.482 e. The van der Waals surface area contributed by atoms with Crippen molar-refractivity contribution in [3.05, 3.63) is 90.1 Å². The fraction of sp³-hybridized carbons (Fsp3) is 0.227. The Morgan fingerprint density at radius 1 is 1.24 bits per heavy atom. The number of nitro benzene ring substituents is 1. The van der Waals surface area contributed by atoms with Crippen LogP contribution in [0.25, 0.3) is 0 Å². The summed E-state index contributed by atoms with van der Waals surface area (Å²) in [6, 6.07) is 12.6. The van der Waals surface area contributed by atoms with Gasteiger partial charge in [0.05, 0.1) is 16.5 Å². The van der Waals surface area contributed by atoms with Gasteiger partial charge < -0.3 is 15.4 Å². The molecule has 0 radical (unpaired) electrons. The minimum atomic E-state index is -0.804. The highest BCUT2D eigenvalue weighted by molar-refractivity contribution is 6.32. The lowest BCUT2D eigenvalue weighted by Gasteiger charge is -2.24. The van der Waals surface area contributed by atoms with Gasteiger partial charge in [-0.05, 0) is 18.1 Å². The predicted molar refractivity (Wildman–Crippen MR) is 128 cm³/mol. The number of H-pyrrole nitrogens is 1. The van der Waals surface area contributed by atoms with Gasteiger partial charge in [-0.25, -0.2) is 4.79 Å². The van der Waals surface area contributed by atoms with Crippen molar-refractivity contribution in [3.63, 3.8) is 0 Å². The van der Waals surface area contributed by atoms with Crippen LogP contribution in [0.4, 0.5) is 17.2 Å². The monoisotopic (exact) mass is 487 g/mol. The number of aromatic nitrogens is 2. The molecule has 0 saturated carbocycles. The number of nitro groups is 1. The topological polar surface area (TPSA) is 154 Å². The van der Waals surface area contributed by atoms with Crippen LogP contribution in [0.3, 0.4) is 0 Å². The molecule has 0 unspecified atom stereocenters. The van der Waals surface area contributed by atoms with E-state index >= 15 is 0 Å². The summed E-state index contributed by atoms with van der Waals surface area (Å²) in [4.78, 5) is 51.7. The number of amides is 1. The molecule has 1 heterocycles. The predicted octanol–water partition coefficient (Wildman–Crippen LogP) is 2.55. The number of halogens is 1. The van der Waals surface area contributed by atoms with Crippen LogP contribution in [0.1, 0.15) is 18.9 Å². The van der Waals surface area contributed by atoms with Gasteiger partial charge in [0.1, 0.15) is 11.6 Å². The lowest BCUT2D eigenvalue weighted by atomic mass is 10.2. The van der Waals surface area contributed by atoms with Gasteiger partial charge in [-0.2, -0.15) is 0 Å². The number of nitrogens with zero attached hydrogens (tertiary/aromatic N) is 3. The Morgan fingerprint density at radius 3 is 2.56 bits per heavy atom. The number of anilines is 2. The highest BCUT2D eigenvalue weighted by Crippen LogP contribution is 2.29. The first-order valence-corrected chi connectivity index (χ1v) is 10.6. The summed E-state index contributed by atoms with van der Waals surface area (Å²) in [6.07, 6.45) is 0.487. The Hall–Kier alpha value is -4.12. The summed E-state index contributed by atoms with van der Waals surface area (Å²) in [7, 11) is 0. The van der Waals surface area contributed by atoms with Crippen LogP contribution in [-0.4, -0.2) is 33.5 Å². The van der Waals surface area contributed by atoms with Gasteiger partial charge in [-0.1, -0.05) is 48.9 Å². The number of carbonyl (C=O) groups is 1. The van der Waals surface area contributed by atoms with E-state index in [-0.39, 0.29) is 41.1 Å². The highest BCUT2D eigenvalue weighted by Gasteiger charge is 2.24. The molecule has 3 aromatic rings. The maximum atomic E-state index is 13.0. The van der Waals surface area contributed by atoms with Crippen LogP contribution in [0.15, 0.2) is 58.1 Å². The minimum absolute atomic E-state index is 0.0437. The molecule has 1 aromatic heterocycles. The lowest BCUT2D eigenvalue weighted by molar-refractivity contribution is -0.384. The highest BCUT2D eigenvalue weighted by atomic mass is 35.5. The Balaban J connectivity index is 1.90. The first-order valence-electron chi connectivity index (χ1n) is 10.3. The van der Waals surface area contributed by atoms with Crippen molar-refractivity contribution in [3.8, 4) is 5.75 Å². The number of carbonyl (C=O) groups excluding carboxylic acids is 1. The Morgan fingerprint density at radius 2 is 1.94 bits per heavy atom. The number of aromatic amines is 1. The summed E-state index contributed by atoms with van der Waals surface area (Å²) in [5.74, 6) is -0.709. The van der Waals surface area contributed by atoms with Crippen molar-refractivity contribution >= 4 is 34.7 Å². The number of hydrogen-bond donors (Lipinski definition) is 2. The molecule has 0 aliphatic rings. The molecule has 0 aliphatic carbocycles. The Bertz CT molecular complexity index is 1320. The van der Waals surface area contributed by atoms with Crippen molar-refractivity contribution in [2.24, 2.45) is 0 Å². The van der Waals surface area contributed by atoms with Crippen LogP contribution < -0.4 is 26.6 Å². The molecule has 0 bridgehead atoms. The van der Waals surface area contributed by atoms with Gasteiger partial charge in [0, 0.05) is 18.7 Å². The molecular weight excluding hydrogens is 466 g/mol. The first kappa shape index (κ1) is 24.5. The molecule has 0 saturated heterocycles. The Labute approximate surface area is 198 Å². The molecule has 0 aliphatic heterocycles. The lowest BCUT2D eigenvalue weighted by Crippen LogP contribution is -2.43. The molecular formula is C22H22ClN5O6. The first-order chi connectivity index (χ1) is 16.2. The third kappa shape index (κ3) is 5.44. The number of rotatable bonds is 9. The molecule has 3 rings (SSSR count). The number of hydrogen-bond acceptors (Lipinski definition) is 7. The van der Waals surface area contributed by atoms with E-state index in [0.29, 0.717) is 6.42 Å². The fourth-order valence-electron chi connectivity index (χ4n) is 3.28. The van der Waals surface area contributed by atoms with Crippen molar-refractivity contribution in [1.82, 2.24) is 9.55 Å². The zero-order valence-corrected chi connectivity index (χ0v) is 18.9. The summed E-state index contributed by atoms with van der Waals surface area (Å²) in [5, 5.41) is 10.8. The van der Waals surface area contributed by atoms with Crippen LogP contribution in [-0.2, 0) is 11.3 Å². The number of benzene rings is 2. The standard InChI is InChI=1S/C22H22ClN5O6/c1-2-10-26(18(29)13-34-17-9-8-15(28(32)33)11-16(17)23)19-20(24)27(22(31)25-21(19)30)12-14-6-4-3-5-7-14/h3-9,11H,2,10,12-13,24H2,1H3,(H,25,30,31). The van der Waals surface area contributed by atoms with E-state index in [1.807, 2.05) is 6.07 Å². The van der Waals surface area contributed by atoms with E-state index in [9.17, 15) is 24.5 Å². The van der Waals surface area contributed by atoms with Crippen molar-refractivity contribution in [2.45, 2.75) is 19.9 Å². The number of nitrogens with one attached hydrogen (secondary N) is 1. The Kier molecular flexibility index (Phi) is 7.69. The SMILES string of the molecule is CCCN(C(=O)COc1ccc([N+](=O)[O-])cc1Cl)c1c(N)n(Cc2ccccc2)c(=O)[nH]c1=O. The summed E-state index contributed by atoms with van der Waals surface area (Å²) < 4.78 is 6.62. The van der Waals surface area contributed by atoms with Gasteiger partial charge in [0.25, 0.3) is 17.2 Å². The van der Waals surface area contributed by atoms with E-state index in [1.54, 1.807) is 31.2 Å². The largest absolute Gasteiger partial charge is 0.482 e. The van der Waals surface area contributed by atoms with Crippen molar-refractivity contribution in [2.75, 3.05) is 23.8 Å². The molecule has 0 atom stereocenters. The number of non-ortho nitro benzene ring substituents is 1. The van der Waals surface area contributed by atoms with Gasteiger partial charge in [-0.3, -0.25) is 29.3 Å². The van der Waals surface area contributed by atoms with Crippen LogP contribution in [0.5, 0.6) is 5.75 Å². The van der Waals surface area contributed by atoms with Gasteiger partial charge >= 0.3 is 5.69 Å². The third-order valence-corrected chi connectivity index (χ3v) is 5.19. The van der Waals surface area contributed by atoms with Gasteiger partial charge in [-0.15, -0.1) is 0 Å². The molecule has 178 valence electrons. The summed E-state index contributed by atoms with van der Waals surface area (Å²) in [5.41, 5.74) is 5.08. The van der Waals surface area contributed by atoms with Crippen LogP contribution in [0.2, 0.25) is 5.02 Å². The third-order valence-electron chi connectivity index (χ3n) is 4.89. The van der Waals surface area contributed by atoms with Gasteiger partial charge in [0.15, 0.2) is 12.3 Å². The zero-order chi connectivity index (χ0) is 24.8. The van der Waals surface area contributed by atoms with E-state index in [4.69, 9.17) is 22.1 Å². The number of ether oxygens (including phenoxy) is 1. The van der Waals surface area contributed by atoms with E-state index in [1.165, 1.54) is 16.7 Å². The molecule has 3 N–H and O–H groups in total. The number of nitrogen functional groups attached to an aromatic ring is 1. The molecule has 12 heteroatoms. The quantitative estimate of drug-likeness (QED) is 0.347. The van der Waals surface area contributed by atoms with E-state index < -0.39 is 28.7 Å². The molecule has 0 fully saturated rings. The normalized spacial score (nSPS) is 10.6. The molecule has 2 aromatic carbocycles.